The van der Waals surface area contributed by atoms with Gasteiger partial charge in [-0.2, -0.15) is 5.10 Å². The molecule has 0 saturated heterocycles. The molecule has 1 heterocycles. The Kier molecular flexibility index (Phi) is 3.46. The number of hydrogen-bond acceptors (Lipinski definition) is 2. The van der Waals surface area contributed by atoms with Gasteiger partial charge in [0, 0.05) is 12.6 Å². The van der Waals surface area contributed by atoms with Gasteiger partial charge in [-0.1, -0.05) is 19.9 Å². The minimum atomic E-state index is 0.154. The maximum Gasteiger partial charge on any atom is 0.0781 e. The first-order valence-electron chi connectivity index (χ1n) is 6.11. The first-order chi connectivity index (χ1) is 7.93. The normalized spacial score (nSPS) is 23.6. The van der Waals surface area contributed by atoms with Crippen molar-refractivity contribution in [1.82, 2.24) is 9.78 Å². The maximum atomic E-state index is 6.13. The third-order valence-corrected chi connectivity index (χ3v) is 3.85. The summed E-state index contributed by atoms with van der Waals surface area (Å²) in [4.78, 5) is 0. The summed E-state index contributed by atoms with van der Waals surface area (Å²) < 4.78 is 3.10. The molecular weight excluding hydrogens is 278 g/mol. The lowest BCUT2D eigenvalue weighted by atomic mass is 9.75. The van der Waals surface area contributed by atoms with Crippen LogP contribution in [0.2, 0.25) is 0 Å². The van der Waals surface area contributed by atoms with E-state index in [1.54, 1.807) is 0 Å². The molecule has 4 heteroatoms. The Morgan fingerprint density at radius 1 is 1.59 bits per heavy atom. The summed E-state index contributed by atoms with van der Waals surface area (Å²) in [5, 5.41) is 4.37. The van der Waals surface area contributed by atoms with Crippen molar-refractivity contribution in [2.45, 2.75) is 46.2 Å². The first kappa shape index (κ1) is 12.8. The summed E-state index contributed by atoms with van der Waals surface area (Å²) in [6.07, 6.45) is 6.17. The SMILES string of the molecule is CCn1ncc(Br)c1C1=CC(N)CC(C)(C)C1. The van der Waals surface area contributed by atoms with E-state index in [9.17, 15) is 0 Å². The van der Waals surface area contributed by atoms with Gasteiger partial charge in [-0.3, -0.25) is 4.68 Å². The first-order valence-corrected chi connectivity index (χ1v) is 6.90. The second kappa shape index (κ2) is 4.58. The van der Waals surface area contributed by atoms with Crippen LogP contribution in [-0.2, 0) is 6.54 Å². The minimum Gasteiger partial charge on any atom is -0.324 e. The van der Waals surface area contributed by atoms with Gasteiger partial charge in [-0.05, 0) is 46.7 Å². The number of nitrogens with two attached hydrogens (primary N) is 1. The average Bonchev–Trinajstić information content (AvgIpc) is 2.56. The summed E-state index contributed by atoms with van der Waals surface area (Å²) in [7, 11) is 0. The molecule has 1 unspecified atom stereocenters. The standard InChI is InChI=1S/C13H20BrN3/c1-4-17-12(11(14)8-16-17)9-5-10(15)7-13(2,3)6-9/h5,8,10H,4,6-7,15H2,1-3H3. The van der Waals surface area contributed by atoms with Crippen LogP contribution < -0.4 is 5.73 Å². The largest absolute Gasteiger partial charge is 0.324 e. The van der Waals surface area contributed by atoms with E-state index < -0.39 is 0 Å². The van der Waals surface area contributed by atoms with Crippen LogP contribution in [0.25, 0.3) is 5.57 Å². The van der Waals surface area contributed by atoms with Gasteiger partial charge in [0.15, 0.2) is 0 Å². The van der Waals surface area contributed by atoms with Gasteiger partial charge in [0.2, 0.25) is 0 Å². The molecule has 0 aliphatic heterocycles. The van der Waals surface area contributed by atoms with E-state index in [0.29, 0.717) is 0 Å². The number of nitrogens with zero attached hydrogens (tertiary/aromatic N) is 2. The van der Waals surface area contributed by atoms with Crippen molar-refractivity contribution in [3.8, 4) is 0 Å². The van der Waals surface area contributed by atoms with Crippen molar-refractivity contribution in [3.63, 3.8) is 0 Å². The molecule has 0 bridgehead atoms. The quantitative estimate of drug-likeness (QED) is 0.911. The van der Waals surface area contributed by atoms with Gasteiger partial charge in [-0.25, -0.2) is 0 Å². The van der Waals surface area contributed by atoms with Crippen molar-refractivity contribution >= 4 is 21.5 Å². The van der Waals surface area contributed by atoms with Crippen LogP contribution in [0.5, 0.6) is 0 Å². The lowest BCUT2D eigenvalue weighted by molar-refractivity contribution is 0.317. The molecule has 0 aromatic carbocycles. The highest BCUT2D eigenvalue weighted by molar-refractivity contribution is 9.10. The molecule has 17 heavy (non-hydrogen) atoms. The van der Waals surface area contributed by atoms with Crippen molar-refractivity contribution in [3.05, 3.63) is 22.4 Å². The molecular formula is C13H20BrN3. The molecule has 2 rings (SSSR count). The molecule has 2 N–H and O–H groups in total. The highest BCUT2D eigenvalue weighted by atomic mass is 79.9. The summed E-state index contributed by atoms with van der Waals surface area (Å²) in [5.74, 6) is 0. The predicted molar refractivity (Wildman–Crippen MR) is 74.6 cm³/mol. The number of aryl methyl sites for hydroxylation is 1. The Morgan fingerprint density at radius 3 is 2.88 bits per heavy atom. The fourth-order valence-electron chi connectivity index (χ4n) is 2.69. The molecule has 1 aromatic rings. The van der Waals surface area contributed by atoms with Crippen LogP contribution in [0.3, 0.4) is 0 Å². The van der Waals surface area contributed by atoms with Crippen LogP contribution in [0.15, 0.2) is 16.7 Å². The van der Waals surface area contributed by atoms with E-state index >= 15 is 0 Å². The average molecular weight is 298 g/mol. The fraction of sp³-hybridized carbons (Fsp3) is 0.615. The molecule has 1 atom stereocenters. The van der Waals surface area contributed by atoms with E-state index in [2.05, 4.69) is 47.9 Å². The molecule has 0 saturated carbocycles. The highest BCUT2D eigenvalue weighted by Crippen LogP contribution is 2.40. The van der Waals surface area contributed by atoms with E-state index in [4.69, 9.17) is 5.73 Å². The van der Waals surface area contributed by atoms with Crippen molar-refractivity contribution < 1.29 is 0 Å². The monoisotopic (exact) mass is 297 g/mol. The zero-order chi connectivity index (χ0) is 12.6. The third-order valence-electron chi connectivity index (χ3n) is 3.27. The minimum absolute atomic E-state index is 0.154. The molecule has 94 valence electrons. The van der Waals surface area contributed by atoms with Crippen molar-refractivity contribution in [1.29, 1.82) is 0 Å². The molecule has 0 fully saturated rings. The number of aromatic nitrogens is 2. The summed E-state index contributed by atoms with van der Waals surface area (Å²) in [5.41, 5.74) is 8.91. The van der Waals surface area contributed by atoms with Gasteiger partial charge in [0.1, 0.15) is 0 Å². The second-order valence-electron chi connectivity index (χ2n) is 5.56. The number of rotatable bonds is 2. The highest BCUT2D eigenvalue weighted by Gasteiger charge is 2.29. The second-order valence-corrected chi connectivity index (χ2v) is 6.41. The van der Waals surface area contributed by atoms with Crippen molar-refractivity contribution in [2.24, 2.45) is 11.1 Å². The topological polar surface area (TPSA) is 43.8 Å². The Bertz CT molecular complexity index is 446. The summed E-state index contributed by atoms with van der Waals surface area (Å²) in [6, 6.07) is 0.154. The van der Waals surface area contributed by atoms with E-state index in [-0.39, 0.29) is 11.5 Å². The van der Waals surface area contributed by atoms with Gasteiger partial charge in [0.05, 0.1) is 16.4 Å². The Morgan fingerprint density at radius 2 is 2.29 bits per heavy atom. The van der Waals surface area contributed by atoms with E-state index in [0.717, 1.165) is 23.9 Å². The smallest absolute Gasteiger partial charge is 0.0781 e. The zero-order valence-corrected chi connectivity index (χ0v) is 12.3. The third kappa shape index (κ3) is 2.63. The van der Waals surface area contributed by atoms with Gasteiger partial charge < -0.3 is 5.73 Å². The molecule has 1 aliphatic carbocycles. The molecule has 0 radical (unpaired) electrons. The van der Waals surface area contributed by atoms with Gasteiger partial charge >= 0.3 is 0 Å². The lowest BCUT2D eigenvalue weighted by Gasteiger charge is -2.33. The zero-order valence-electron chi connectivity index (χ0n) is 10.7. The Hall–Kier alpha value is -0.610. The Labute approximate surface area is 111 Å². The molecule has 3 nitrogen and oxygen atoms in total. The van der Waals surface area contributed by atoms with E-state index in [1.807, 2.05) is 10.9 Å². The molecule has 0 spiro atoms. The van der Waals surface area contributed by atoms with Crippen LogP contribution >= 0.6 is 15.9 Å². The number of hydrogen-bond donors (Lipinski definition) is 1. The molecule has 1 aliphatic rings. The van der Waals surface area contributed by atoms with Crippen molar-refractivity contribution in [2.75, 3.05) is 0 Å². The number of halogens is 1. The maximum absolute atomic E-state index is 6.13. The fourth-order valence-corrected chi connectivity index (χ4v) is 3.24. The van der Waals surface area contributed by atoms with Crippen LogP contribution in [0.4, 0.5) is 0 Å². The van der Waals surface area contributed by atoms with E-state index in [1.165, 1.54) is 11.3 Å². The predicted octanol–water partition coefficient (Wildman–Crippen LogP) is 3.20. The van der Waals surface area contributed by atoms with Crippen LogP contribution in [0.1, 0.15) is 39.3 Å². The number of allylic oxidation sites excluding steroid dienone is 1. The molecule has 1 aromatic heterocycles. The molecule has 0 amide bonds. The van der Waals surface area contributed by atoms with Crippen LogP contribution in [-0.4, -0.2) is 15.8 Å². The lowest BCUT2D eigenvalue weighted by Crippen LogP contribution is -2.31. The van der Waals surface area contributed by atoms with Crippen LogP contribution in [0, 0.1) is 5.41 Å². The summed E-state index contributed by atoms with van der Waals surface area (Å²) >= 11 is 3.59. The summed E-state index contributed by atoms with van der Waals surface area (Å²) in [6.45, 7) is 7.55. The van der Waals surface area contributed by atoms with Gasteiger partial charge in [-0.15, -0.1) is 0 Å². The Balaban J connectivity index is 2.42. The van der Waals surface area contributed by atoms with Gasteiger partial charge in [0.25, 0.3) is 0 Å².